The maximum atomic E-state index is 12.0. The fourth-order valence-electron chi connectivity index (χ4n) is 2.31. The molecule has 1 heterocycles. The van der Waals surface area contributed by atoms with Gasteiger partial charge in [0.15, 0.2) is 0 Å². The van der Waals surface area contributed by atoms with Crippen LogP contribution in [0.25, 0.3) is 0 Å². The van der Waals surface area contributed by atoms with Crippen LogP contribution >= 0.6 is 0 Å². The molecule has 1 aliphatic rings. The Hall–Kier alpha value is -1.55. The monoisotopic (exact) mass is 236 g/mol. The lowest BCUT2D eigenvalue weighted by molar-refractivity contribution is -0.151. The van der Waals surface area contributed by atoms with Crippen LogP contribution in [0.15, 0.2) is 24.3 Å². The molecule has 0 bridgehead atoms. The maximum absolute atomic E-state index is 12.0. The predicted molar refractivity (Wildman–Crippen MR) is 61.9 cm³/mol. The lowest BCUT2D eigenvalue weighted by atomic mass is 9.74. The number of carbonyl (C=O) groups excluding carboxylic acids is 1. The molecule has 4 nitrogen and oxygen atoms in total. The number of benzene rings is 1. The molecule has 17 heavy (non-hydrogen) atoms. The molecule has 1 fully saturated rings. The number of methoxy groups -OCH3 is 1. The first-order chi connectivity index (χ1) is 8.19. The van der Waals surface area contributed by atoms with Crippen molar-refractivity contribution in [2.45, 2.75) is 18.3 Å². The van der Waals surface area contributed by atoms with Gasteiger partial charge in [0.1, 0.15) is 5.75 Å². The van der Waals surface area contributed by atoms with Crippen molar-refractivity contribution in [3.63, 3.8) is 0 Å². The summed E-state index contributed by atoms with van der Waals surface area (Å²) in [7, 11) is 1.40. The van der Waals surface area contributed by atoms with Gasteiger partial charge in [0, 0.05) is 13.2 Å². The number of carbonyl (C=O) groups is 1. The molecule has 0 aromatic heterocycles. The van der Waals surface area contributed by atoms with Crippen LogP contribution in [0.1, 0.15) is 18.4 Å². The summed E-state index contributed by atoms with van der Waals surface area (Å²) in [5.41, 5.74) is 0.256. The number of rotatable bonds is 2. The lowest BCUT2D eigenvalue weighted by Gasteiger charge is -2.34. The van der Waals surface area contributed by atoms with Crippen molar-refractivity contribution in [2.75, 3.05) is 20.3 Å². The highest BCUT2D eigenvalue weighted by atomic mass is 16.5. The quantitative estimate of drug-likeness (QED) is 0.793. The molecule has 92 valence electrons. The second kappa shape index (κ2) is 4.75. The van der Waals surface area contributed by atoms with Gasteiger partial charge in [-0.15, -0.1) is 0 Å². The first kappa shape index (κ1) is 11.9. The van der Waals surface area contributed by atoms with Crippen molar-refractivity contribution in [2.24, 2.45) is 0 Å². The Morgan fingerprint density at radius 2 is 1.88 bits per heavy atom. The van der Waals surface area contributed by atoms with Crippen molar-refractivity contribution in [1.82, 2.24) is 0 Å². The molecule has 0 aliphatic carbocycles. The van der Waals surface area contributed by atoms with Gasteiger partial charge >= 0.3 is 5.97 Å². The normalized spacial score (nSPS) is 18.6. The van der Waals surface area contributed by atoms with Crippen LogP contribution < -0.4 is 0 Å². The van der Waals surface area contributed by atoms with Crippen LogP contribution in [0.5, 0.6) is 5.75 Å². The van der Waals surface area contributed by atoms with Gasteiger partial charge in [-0.1, -0.05) is 12.1 Å². The Balaban J connectivity index is 2.38. The molecule has 4 heteroatoms. The van der Waals surface area contributed by atoms with Crippen LogP contribution in [0, 0.1) is 0 Å². The van der Waals surface area contributed by atoms with Crippen molar-refractivity contribution in [1.29, 1.82) is 0 Å². The van der Waals surface area contributed by atoms with Gasteiger partial charge in [0.05, 0.1) is 12.5 Å². The zero-order chi connectivity index (χ0) is 12.3. The summed E-state index contributed by atoms with van der Waals surface area (Å²) < 4.78 is 10.2. The predicted octanol–water partition coefficient (Wildman–Crippen LogP) is 1.61. The first-order valence-corrected chi connectivity index (χ1v) is 5.65. The molecule has 1 aromatic rings. The summed E-state index contributed by atoms with van der Waals surface area (Å²) in [6, 6.07) is 6.74. The number of hydrogen-bond acceptors (Lipinski definition) is 4. The lowest BCUT2D eigenvalue weighted by Crippen LogP contribution is -2.42. The molecule has 0 unspecified atom stereocenters. The first-order valence-electron chi connectivity index (χ1n) is 5.65. The largest absolute Gasteiger partial charge is 0.508 e. The molecule has 1 aliphatic heterocycles. The Kier molecular flexibility index (Phi) is 3.33. The molecule has 1 saturated heterocycles. The van der Waals surface area contributed by atoms with Crippen molar-refractivity contribution >= 4 is 5.97 Å². The van der Waals surface area contributed by atoms with E-state index in [4.69, 9.17) is 9.47 Å². The number of hydrogen-bond donors (Lipinski definition) is 1. The van der Waals surface area contributed by atoms with Crippen molar-refractivity contribution in [3.8, 4) is 5.75 Å². The number of aromatic hydroxyl groups is 1. The zero-order valence-electron chi connectivity index (χ0n) is 9.81. The summed E-state index contributed by atoms with van der Waals surface area (Å²) >= 11 is 0. The smallest absolute Gasteiger partial charge is 0.316 e. The van der Waals surface area contributed by atoms with E-state index >= 15 is 0 Å². The molecule has 1 aromatic carbocycles. The van der Waals surface area contributed by atoms with Crippen LogP contribution in [0.2, 0.25) is 0 Å². The Morgan fingerprint density at radius 3 is 2.41 bits per heavy atom. The summed E-state index contributed by atoms with van der Waals surface area (Å²) in [6.07, 6.45) is 1.23. The molecule has 0 atom stereocenters. The van der Waals surface area contributed by atoms with Crippen LogP contribution in [-0.4, -0.2) is 31.4 Å². The van der Waals surface area contributed by atoms with Gasteiger partial charge in [0.25, 0.3) is 0 Å². The van der Waals surface area contributed by atoms with E-state index in [0.717, 1.165) is 5.56 Å². The average molecular weight is 236 g/mol. The molecule has 0 radical (unpaired) electrons. The van der Waals surface area contributed by atoms with E-state index in [1.54, 1.807) is 24.3 Å². The Labute approximate surface area is 100 Å². The van der Waals surface area contributed by atoms with Gasteiger partial charge in [-0.3, -0.25) is 4.79 Å². The highest BCUT2D eigenvalue weighted by molar-refractivity contribution is 5.83. The number of ether oxygens (including phenoxy) is 2. The summed E-state index contributed by atoms with van der Waals surface area (Å²) in [6.45, 7) is 1.10. The molecule has 1 N–H and O–H groups in total. The van der Waals surface area contributed by atoms with Crippen molar-refractivity contribution < 1.29 is 19.4 Å². The maximum Gasteiger partial charge on any atom is 0.316 e. The highest BCUT2D eigenvalue weighted by Gasteiger charge is 2.42. The Bertz CT molecular complexity index is 390. The second-order valence-corrected chi connectivity index (χ2v) is 4.23. The van der Waals surface area contributed by atoms with E-state index in [1.807, 2.05) is 0 Å². The fraction of sp³-hybridized carbons (Fsp3) is 0.462. The molecular weight excluding hydrogens is 220 g/mol. The van der Waals surface area contributed by atoms with Crippen LogP contribution in [0.4, 0.5) is 0 Å². The third-order valence-electron chi connectivity index (χ3n) is 3.34. The molecule has 0 amide bonds. The summed E-state index contributed by atoms with van der Waals surface area (Å²) in [5, 5.41) is 9.29. The highest BCUT2D eigenvalue weighted by Crippen LogP contribution is 2.36. The average Bonchev–Trinajstić information content (AvgIpc) is 2.39. The Morgan fingerprint density at radius 1 is 1.29 bits per heavy atom. The minimum atomic E-state index is -0.624. The van der Waals surface area contributed by atoms with E-state index in [9.17, 15) is 9.90 Å². The van der Waals surface area contributed by atoms with E-state index in [0.29, 0.717) is 26.1 Å². The minimum absolute atomic E-state index is 0.195. The molecule has 0 saturated carbocycles. The standard InChI is InChI=1S/C13H16O4/c1-16-12(15)13(6-8-17-9-7-13)10-2-4-11(14)5-3-10/h2-5,14H,6-9H2,1H3. The zero-order valence-corrected chi connectivity index (χ0v) is 9.81. The van der Waals surface area contributed by atoms with Gasteiger partial charge in [-0.25, -0.2) is 0 Å². The number of phenolic OH excluding ortho intramolecular Hbond substituents is 1. The van der Waals surface area contributed by atoms with Crippen molar-refractivity contribution in [3.05, 3.63) is 29.8 Å². The molecule has 0 spiro atoms. The van der Waals surface area contributed by atoms with E-state index < -0.39 is 5.41 Å². The minimum Gasteiger partial charge on any atom is -0.508 e. The van der Waals surface area contributed by atoms with E-state index in [2.05, 4.69) is 0 Å². The van der Waals surface area contributed by atoms with Crippen LogP contribution in [0.3, 0.4) is 0 Å². The number of phenols is 1. The topological polar surface area (TPSA) is 55.8 Å². The number of esters is 1. The van der Waals surface area contributed by atoms with E-state index in [1.165, 1.54) is 7.11 Å². The van der Waals surface area contributed by atoms with E-state index in [-0.39, 0.29) is 11.7 Å². The third-order valence-corrected chi connectivity index (χ3v) is 3.34. The molecule has 2 rings (SSSR count). The third kappa shape index (κ3) is 2.13. The van der Waals surface area contributed by atoms with Gasteiger partial charge in [-0.2, -0.15) is 0 Å². The summed E-state index contributed by atoms with van der Waals surface area (Å²) in [4.78, 5) is 12.0. The second-order valence-electron chi connectivity index (χ2n) is 4.23. The summed E-state index contributed by atoms with van der Waals surface area (Å²) in [5.74, 6) is -0.0349. The SMILES string of the molecule is COC(=O)C1(c2ccc(O)cc2)CCOCC1. The van der Waals surface area contributed by atoms with Gasteiger partial charge in [-0.05, 0) is 30.5 Å². The molecular formula is C13H16O4. The van der Waals surface area contributed by atoms with Crippen LogP contribution in [-0.2, 0) is 19.7 Å². The fourth-order valence-corrected chi connectivity index (χ4v) is 2.31. The van der Waals surface area contributed by atoms with Gasteiger partial charge in [0.2, 0.25) is 0 Å². The van der Waals surface area contributed by atoms with Gasteiger partial charge < -0.3 is 14.6 Å².